The first kappa shape index (κ1) is 27.3. The van der Waals surface area contributed by atoms with Crippen LogP contribution in [0.5, 0.6) is 0 Å². The molecule has 1 aliphatic rings. The number of hydrogen-bond acceptors (Lipinski definition) is 2. The smallest absolute Gasteiger partial charge is 0.434 e. The molecule has 1 aliphatic carbocycles. The van der Waals surface area contributed by atoms with E-state index in [1.807, 2.05) is 0 Å². The standard InChI is InChI=1S/C11H2F18O2/c12-1-2(30-3(7(16,17)18)8(19,20)21)5(13,14)11(28,29)6(1,15)31-4(9(22,23)24)10(25,26)27/h3-4H. The lowest BCUT2D eigenvalue weighted by Crippen LogP contribution is -2.58. The van der Waals surface area contributed by atoms with Crippen molar-refractivity contribution >= 4 is 0 Å². The van der Waals surface area contributed by atoms with Crippen molar-refractivity contribution in [3.8, 4) is 0 Å². The van der Waals surface area contributed by atoms with Crippen LogP contribution in [0, 0.1) is 0 Å². The van der Waals surface area contributed by atoms with Crippen LogP contribution >= 0.6 is 0 Å². The highest BCUT2D eigenvalue weighted by Crippen LogP contribution is 2.61. The van der Waals surface area contributed by atoms with E-state index in [0.29, 0.717) is 0 Å². The van der Waals surface area contributed by atoms with Gasteiger partial charge in [-0.25, -0.2) is 4.39 Å². The molecule has 0 N–H and O–H groups in total. The molecule has 0 bridgehead atoms. The van der Waals surface area contributed by atoms with Gasteiger partial charge in [-0.2, -0.15) is 74.6 Å². The highest BCUT2D eigenvalue weighted by molar-refractivity contribution is 5.34. The lowest BCUT2D eigenvalue weighted by atomic mass is 10.1. The first-order valence-corrected chi connectivity index (χ1v) is 6.69. The molecular weight excluding hydrogens is 506 g/mol. The molecule has 1 unspecified atom stereocenters. The molecule has 0 spiro atoms. The van der Waals surface area contributed by atoms with Crippen molar-refractivity contribution in [2.45, 2.75) is 54.6 Å². The van der Waals surface area contributed by atoms with E-state index in [-0.39, 0.29) is 0 Å². The van der Waals surface area contributed by atoms with Gasteiger partial charge in [-0.1, -0.05) is 0 Å². The molecule has 0 aliphatic heterocycles. The first-order chi connectivity index (χ1) is 13.2. The minimum absolute atomic E-state index is 2.15. The second kappa shape index (κ2) is 7.12. The SMILES string of the molecule is FC1=C(OC(C(F)(F)F)C(F)(F)F)C(F)(F)C(F)(F)C1(F)OC(C(F)(F)F)C(F)(F)F. The highest BCUT2D eigenvalue weighted by atomic mass is 19.4. The van der Waals surface area contributed by atoms with Crippen LogP contribution in [0.4, 0.5) is 79.0 Å². The topological polar surface area (TPSA) is 18.5 Å². The molecule has 20 heteroatoms. The number of halogens is 18. The Morgan fingerprint density at radius 2 is 0.903 bits per heavy atom. The van der Waals surface area contributed by atoms with E-state index in [0.717, 1.165) is 0 Å². The molecule has 0 aromatic heterocycles. The summed E-state index contributed by atoms with van der Waals surface area (Å²) in [6, 6.07) is 0. The summed E-state index contributed by atoms with van der Waals surface area (Å²) < 4.78 is 234. The largest absolute Gasteiger partial charge is 0.466 e. The van der Waals surface area contributed by atoms with Crippen molar-refractivity contribution in [2.24, 2.45) is 0 Å². The van der Waals surface area contributed by atoms with Crippen LogP contribution < -0.4 is 0 Å². The molecule has 0 fully saturated rings. The maximum absolute atomic E-state index is 14.1. The van der Waals surface area contributed by atoms with Gasteiger partial charge in [0.25, 0.3) is 12.2 Å². The predicted molar refractivity (Wildman–Crippen MR) is 55.8 cm³/mol. The summed E-state index contributed by atoms with van der Waals surface area (Å²) >= 11 is 0. The zero-order valence-corrected chi connectivity index (χ0v) is 13.3. The average molecular weight is 508 g/mol. The van der Waals surface area contributed by atoms with E-state index in [2.05, 4.69) is 9.47 Å². The molecule has 0 amide bonds. The summed E-state index contributed by atoms with van der Waals surface area (Å²) in [6.45, 7) is 0. The summed E-state index contributed by atoms with van der Waals surface area (Å²) in [6.07, 6.45) is -38.8. The van der Waals surface area contributed by atoms with Gasteiger partial charge in [-0.15, -0.1) is 0 Å². The summed E-state index contributed by atoms with van der Waals surface area (Å²) in [5, 5.41) is 0. The fourth-order valence-electron chi connectivity index (χ4n) is 1.94. The van der Waals surface area contributed by atoms with Crippen molar-refractivity contribution < 1.29 is 88.5 Å². The Bertz CT molecular complexity index is 680. The average Bonchev–Trinajstić information content (AvgIpc) is 2.55. The van der Waals surface area contributed by atoms with E-state index < -0.39 is 66.2 Å². The Morgan fingerprint density at radius 1 is 0.581 bits per heavy atom. The summed E-state index contributed by atoms with van der Waals surface area (Å²) in [4.78, 5) is 0. The van der Waals surface area contributed by atoms with Crippen LogP contribution in [0.3, 0.4) is 0 Å². The fourth-order valence-corrected chi connectivity index (χ4v) is 1.94. The maximum atomic E-state index is 14.1. The molecule has 1 rings (SSSR count). The lowest BCUT2D eigenvalue weighted by Gasteiger charge is -2.33. The Kier molecular flexibility index (Phi) is 6.27. The van der Waals surface area contributed by atoms with E-state index in [4.69, 9.17) is 0 Å². The van der Waals surface area contributed by atoms with E-state index >= 15 is 0 Å². The fraction of sp³-hybridized carbons (Fsp3) is 0.818. The summed E-state index contributed by atoms with van der Waals surface area (Å²) in [5.74, 6) is -29.6. The van der Waals surface area contributed by atoms with E-state index in [1.165, 1.54) is 0 Å². The monoisotopic (exact) mass is 508 g/mol. The first-order valence-electron chi connectivity index (χ1n) is 6.69. The summed E-state index contributed by atoms with van der Waals surface area (Å²) in [5.41, 5.74) is 0. The van der Waals surface area contributed by atoms with Gasteiger partial charge in [0.2, 0.25) is 11.6 Å². The molecule has 0 aromatic carbocycles. The molecule has 0 heterocycles. The Balaban J connectivity index is 3.68. The zero-order valence-electron chi connectivity index (χ0n) is 13.3. The van der Waals surface area contributed by atoms with Gasteiger partial charge in [0.15, 0.2) is 0 Å². The number of alkyl halides is 17. The van der Waals surface area contributed by atoms with Crippen LogP contribution in [-0.2, 0) is 9.47 Å². The van der Waals surface area contributed by atoms with Crippen molar-refractivity contribution in [1.29, 1.82) is 0 Å². The molecular formula is C11H2F18O2. The van der Waals surface area contributed by atoms with Crippen molar-refractivity contribution in [2.75, 3.05) is 0 Å². The second-order valence-corrected chi connectivity index (χ2v) is 5.55. The minimum Gasteiger partial charge on any atom is -0.466 e. The minimum atomic E-state index is -7.24. The van der Waals surface area contributed by atoms with Crippen molar-refractivity contribution in [3.05, 3.63) is 11.6 Å². The number of rotatable bonds is 4. The lowest BCUT2D eigenvalue weighted by molar-refractivity contribution is -0.397. The molecule has 1 atom stereocenters. The van der Waals surface area contributed by atoms with E-state index in [9.17, 15) is 79.0 Å². The normalized spacial score (nSPS) is 25.0. The van der Waals surface area contributed by atoms with Gasteiger partial charge in [-0.3, -0.25) is 0 Å². The predicted octanol–water partition coefficient (Wildman–Crippen LogP) is 6.14. The molecule has 0 saturated heterocycles. The molecule has 0 saturated carbocycles. The maximum Gasteiger partial charge on any atom is 0.434 e. The Hall–Kier alpha value is -1.76. The van der Waals surface area contributed by atoms with Gasteiger partial charge in [0, 0.05) is 0 Å². The van der Waals surface area contributed by atoms with Crippen LogP contribution in [0.2, 0.25) is 0 Å². The second-order valence-electron chi connectivity index (χ2n) is 5.55. The third-order valence-corrected chi connectivity index (χ3v) is 3.27. The van der Waals surface area contributed by atoms with E-state index in [1.54, 1.807) is 0 Å². The van der Waals surface area contributed by atoms with Gasteiger partial charge >= 0.3 is 42.4 Å². The van der Waals surface area contributed by atoms with Crippen LogP contribution in [0.15, 0.2) is 11.6 Å². The molecule has 0 aromatic rings. The third kappa shape index (κ3) is 4.57. The molecule has 2 nitrogen and oxygen atoms in total. The molecule has 31 heavy (non-hydrogen) atoms. The van der Waals surface area contributed by atoms with Crippen LogP contribution in [0.25, 0.3) is 0 Å². The molecule has 184 valence electrons. The van der Waals surface area contributed by atoms with Crippen molar-refractivity contribution in [1.82, 2.24) is 0 Å². The van der Waals surface area contributed by atoms with Gasteiger partial charge < -0.3 is 9.47 Å². The van der Waals surface area contributed by atoms with Gasteiger partial charge in [-0.05, 0) is 0 Å². The quantitative estimate of drug-likeness (QED) is 0.426. The van der Waals surface area contributed by atoms with Crippen molar-refractivity contribution in [3.63, 3.8) is 0 Å². The van der Waals surface area contributed by atoms with Gasteiger partial charge in [0.1, 0.15) is 0 Å². The van der Waals surface area contributed by atoms with Crippen LogP contribution in [0.1, 0.15) is 0 Å². The Morgan fingerprint density at radius 3 is 1.19 bits per heavy atom. The van der Waals surface area contributed by atoms with Gasteiger partial charge in [0.05, 0.1) is 0 Å². The summed E-state index contributed by atoms with van der Waals surface area (Å²) in [7, 11) is 0. The zero-order chi connectivity index (χ0) is 25.2. The molecule has 0 radical (unpaired) electrons. The highest BCUT2D eigenvalue weighted by Gasteiger charge is 2.85. The third-order valence-electron chi connectivity index (χ3n) is 3.27. The van der Waals surface area contributed by atoms with Crippen LogP contribution in [-0.4, -0.2) is 54.6 Å². The Labute approximate surface area is 156 Å². The number of allylic oxidation sites excluding steroid dienone is 1. The number of ether oxygens (including phenoxy) is 2. The number of hydrogen-bond donors (Lipinski definition) is 0.